The van der Waals surface area contributed by atoms with Crippen molar-refractivity contribution in [2.75, 3.05) is 12.4 Å². The van der Waals surface area contributed by atoms with Gasteiger partial charge in [0, 0.05) is 24.5 Å². The molecule has 0 fully saturated rings. The van der Waals surface area contributed by atoms with Crippen molar-refractivity contribution < 1.29 is 9.53 Å². The van der Waals surface area contributed by atoms with E-state index in [9.17, 15) is 4.79 Å². The molecule has 0 saturated carbocycles. The van der Waals surface area contributed by atoms with E-state index in [1.165, 1.54) is 0 Å². The number of nitrogens with one attached hydrogen (secondary N) is 1. The van der Waals surface area contributed by atoms with E-state index in [2.05, 4.69) is 15.1 Å². The second-order valence-electron chi connectivity index (χ2n) is 7.08. The number of carbonyl (C=O) groups excluding carboxylic acids is 1. The number of hydrogen-bond acceptors (Lipinski definition) is 4. The number of ether oxygens (including phenoxy) is 1. The molecule has 3 aromatic heterocycles. The van der Waals surface area contributed by atoms with Gasteiger partial charge in [0.15, 0.2) is 0 Å². The van der Waals surface area contributed by atoms with E-state index >= 15 is 0 Å². The first kappa shape index (κ1) is 19.7. The number of aryl methyl sites for hydroxylation is 3. The van der Waals surface area contributed by atoms with Gasteiger partial charge in [0.25, 0.3) is 5.91 Å². The van der Waals surface area contributed by atoms with E-state index < -0.39 is 0 Å². The van der Waals surface area contributed by atoms with Crippen LogP contribution in [0.5, 0.6) is 5.75 Å². The number of thiophene rings is 1. The van der Waals surface area contributed by atoms with Crippen molar-refractivity contribution in [3.05, 3.63) is 63.6 Å². The Morgan fingerprint density at radius 1 is 1.23 bits per heavy atom. The van der Waals surface area contributed by atoms with Crippen molar-refractivity contribution in [3.63, 3.8) is 0 Å². The highest BCUT2D eigenvalue weighted by Gasteiger charge is 2.21. The van der Waals surface area contributed by atoms with Crippen LogP contribution in [-0.2, 0) is 7.05 Å². The maximum atomic E-state index is 13.1. The first-order valence-electron chi connectivity index (χ1n) is 9.33. The van der Waals surface area contributed by atoms with Gasteiger partial charge in [-0.2, -0.15) is 0 Å². The first-order chi connectivity index (χ1) is 14.3. The second kappa shape index (κ2) is 7.35. The molecule has 4 rings (SSSR count). The van der Waals surface area contributed by atoms with Gasteiger partial charge in [0.05, 0.1) is 30.3 Å². The Bertz CT molecular complexity index is 1340. The summed E-state index contributed by atoms with van der Waals surface area (Å²) in [5, 5.41) is 3.76. The lowest BCUT2D eigenvalue weighted by atomic mass is 10.2. The Balaban J connectivity index is 1.71. The summed E-state index contributed by atoms with van der Waals surface area (Å²) in [6, 6.07) is 9.31. The third-order valence-electron chi connectivity index (χ3n) is 5.13. The molecule has 1 N–H and O–H groups in total. The highest BCUT2D eigenvalue weighted by Crippen LogP contribution is 2.36. The minimum absolute atomic E-state index is 0.239. The molecule has 30 heavy (non-hydrogen) atoms. The van der Waals surface area contributed by atoms with Crippen LogP contribution in [0, 0.1) is 27.3 Å². The Morgan fingerprint density at radius 3 is 2.70 bits per heavy atom. The van der Waals surface area contributed by atoms with Gasteiger partial charge >= 0.3 is 0 Å². The van der Waals surface area contributed by atoms with Crippen LogP contribution in [0.2, 0.25) is 0 Å². The van der Waals surface area contributed by atoms with Crippen molar-refractivity contribution >= 4 is 39.9 Å². The third kappa shape index (κ3) is 3.13. The molecule has 0 aliphatic rings. The predicted octanol–water partition coefficient (Wildman–Crippen LogP) is 5.16. The molecule has 0 bridgehead atoms. The zero-order chi connectivity index (χ0) is 21.6. The number of benzene rings is 1. The molecule has 0 saturated heterocycles. The molecular formula is C22H21N5O2S. The smallest absolute Gasteiger partial charge is 0.259 e. The maximum absolute atomic E-state index is 13.1. The van der Waals surface area contributed by atoms with E-state index in [-0.39, 0.29) is 5.91 Å². The molecule has 4 aromatic rings. The predicted molar refractivity (Wildman–Crippen MR) is 119 cm³/mol. The molecular weight excluding hydrogens is 398 g/mol. The lowest BCUT2D eigenvalue weighted by Gasteiger charge is -2.09. The van der Waals surface area contributed by atoms with Gasteiger partial charge in [-0.15, -0.1) is 11.3 Å². The number of carbonyl (C=O) groups is 1. The summed E-state index contributed by atoms with van der Waals surface area (Å²) in [6.45, 7) is 13.3. The van der Waals surface area contributed by atoms with Crippen LogP contribution in [0.25, 0.3) is 20.9 Å². The Labute approximate surface area is 178 Å². The molecule has 1 amide bonds. The minimum atomic E-state index is -0.239. The Hall–Kier alpha value is -3.57. The zero-order valence-corrected chi connectivity index (χ0v) is 18.2. The summed E-state index contributed by atoms with van der Waals surface area (Å²) in [7, 11) is 3.47. The number of aromatic nitrogens is 3. The van der Waals surface area contributed by atoms with Gasteiger partial charge in [0.1, 0.15) is 10.8 Å². The van der Waals surface area contributed by atoms with Crippen molar-refractivity contribution in [2.45, 2.75) is 20.8 Å². The fourth-order valence-electron chi connectivity index (χ4n) is 3.61. The summed E-state index contributed by atoms with van der Waals surface area (Å²) in [5.74, 6) is 0.952. The van der Waals surface area contributed by atoms with Gasteiger partial charge in [-0.05, 0) is 49.9 Å². The molecule has 0 spiro atoms. The molecule has 0 atom stereocenters. The summed E-state index contributed by atoms with van der Waals surface area (Å²) in [5.41, 5.74) is 4.48. The second-order valence-corrected chi connectivity index (χ2v) is 8.32. The van der Waals surface area contributed by atoms with Gasteiger partial charge < -0.3 is 13.9 Å². The van der Waals surface area contributed by atoms with E-state index in [1.54, 1.807) is 18.4 Å². The number of methoxy groups -OCH3 is 1. The molecule has 0 radical (unpaired) electrons. The highest BCUT2D eigenvalue weighted by atomic mass is 32.1. The SMILES string of the molecule is [C-]#[N+]c1cc(C)sc1-n1c(C)cc(C(=O)Nc2nc3ccc(OC)cc3n2C)c1C. The Morgan fingerprint density at radius 2 is 2.00 bits per heavy atom. The third-order valence-corrected chi connectivity index (χ3v) is 6.15. The average Bonchev–Trinajstić information content (AvgIpc) is 3.34. The monoisotopic (exact) mass is 419 g/mol. The summed E-state index contributed by atoms with van der Waals surface area (Å²) >= 11 is 1.55. The van der Waals surface area contributed by atoms with E-state index in [1.807, 2.05) is 67.3 Å². The van der Waals surface area contributed by atoms with Crippen LogP contribution in [0.3, 0.4) is 0 Å². The number of fused-ring (bicyclic) bond motifs is 1. The standard InChI is InChI=1S/C22H21N5O2S/c1-12-9-16(14(3)27(12)21-18(23-4)10-13(2)30-21)20(28)25-22-24-17-8-7-15(29-6)11-19(17)26(22)5/h7-11H,1-3,5-6H3,(H,24,25,28). The van der Waals surface area contributed by atoms with Gasteiger partial charge in [0.2, 0.25) is 11.6 Å². The molecule has 7 nitrogen and oxygen atoms in total. The topological polar surface area (TPSA) is 65.4 Å². The molecule has 0 aliphatic carbocycles. The molecule has 0 unspecified atom stereocenters. The van der Waals surface area contributed by atoms with Crippen LogP contribution < -0.4 is 10.1 Å². The number of imidazole rings is 1. The van der Waals surface area contributed by atoms with Crippen molar-refractivity contribution in [1.29, 1.82) is 0 Å². The molecule has 1 aromatic carbocycles. The fraction of sp³-hybridized carbons (Fsp3) is 0.227. The number of rotatable bonds is 4. The largest absolute Gasteiger partial charge is 0.497 e. The average molecular weight is 420 g/mol. The number of anilines is 1. The fourth-order valence-corrected chi connectivity index (χ4v) is 4.67. The van der Waals surface area contributed by atoms with E-state index in [0.717, 1.165) is 38.0 Å². The molecule has 3 heterocycles. The highest BCUT2D eigenvalue weighted by molar-refractivity contribution is 7.15. The van der Waals surface area contributed by atoms with Crippen molar-refractivity contribution in [2.24, 2.45) is 7.05 Å². The maximum Gasteiger partial charge on any atom is 0.259 e. The quantitative estimate of drug-likeness (QED) is 0.465. The van der Waals surface area contributed by atoms with E-state index in [4.69, 9.17) is 11.3 Å². The molecule has 8 heteroatoms. The van der Waals surface area contributed by atoms with Gasteiger partial charge in [-0.3, -0.25) is 10.1 Å². The van der Waals surface area contributed by atoms with E-state index in [0.29, 0.717) is 17.2 Å². The summed E-state index contributed by atoms with van der Waals surface area (Å²) in [4.78, 5) is 22.3. The van der Waals surface area contributed by atoms with Crippen LogP contribution in [0.15, 0.2) is 30.3 Å². The number of hydrogen-bond donors (Lipinski definition) is 1. The summed E-state index contributed by atoms with van der Waals surface area (Å²) in [6.07, 6.45) is 0. The van der Waals surface area contributed by atoms with Crippen LogP contribution in [-0.4, -0.2) is 27.1 Å². The lowest BCUT2D eigenvalue weighted by Crippen LogP contribution is -2.15. The zero-order valence-electron chi connectivity index (χ0n) is 17.4. The van der Waals surface area contributed by atoms with Crippen molar-refractivity contribution in [3.8, 4) is 10.8 Å². The minimum Gasteiger partial charge on any atom is -0.497 e. The normalized spacial score (nSPS) is 10.9. The number of nitrogens with zero attached hydrogens (tertiary/aromatic N) is 4. The van der Waals surface area contributed by atoms with Crippen LogP contribution in [0.1, 0.15) is 26.6 Å². The number of amides is 1. The lowest BCUT2D eigenvalue weighted by molar-refractivity contribution is 0.102. The molecule has 152 valence electrons. The van der Waals surface area contributed by atoms with Gasteiger partial charge in [-0.1, -0.05) is 0 Å². The van der Waals surface area contributed by atoms with Crippen molar-refractivity contribution in [1.82, 2.24) is 14.1 Å². The Kier molecular flexibility index (Phi) is 4.84. The summed E-state index contributed by atoms with van der Waals surface area (Å²) < 4.78 is 9.08. The first-order valence-corrected chi connectivity index (χ1v) is 10.1. The van der Waals surface area contributed by atoms with Crippen LogP contribution in [0.4, 0.5) is 11.6 Å². The van der Waals surface area contributed by atoms with Gasteiger partial charge in [-0.25, -0.2) is 9.83 Å². The molecule has 0 aliphatic heterocycles. The van der Waals surface area contributed by atoms with Crippen LogP contribution >= 0.6 is 11.3 Å².